The molecule has 1 aromatic carbocycles. The lowest BCUT2D eigenvalue weighted by Crippen LogP contribution is -2.60. The van der Waals surface area contributed by atoms with Crippen molar-refractivity contribution in [2.75, 3.05) is 68.0 Å². The first-order valence-electron chi connectivity index (χ1n) is 46.6. The molecule has 0 saturated carbocycles. The quantitative estimate of drug-likeness (QED) is 0.00896. The number of hydrogen-bond donors (Lipinski definition) is 2. The van der Waals surface area contributed by atoms with Gasteiger partial charge in [0.1, 0.15) is 6.10 Å². The first kappa shape index (κ1) is 149. The molecule has 1 fully saturated rings. The topological polar surface area (TPSA) is 276 Å². The Labute approximate surface area is 846 Å². The second-order valence-corrected chi connectivity index (χ2v) is 58.4. The van der Waals surface area contributed by atoms with E-state index < -0.39 is 276 Å². The third-order valence-electron chi connectivity index (χ3n) is 25.3. The summed E-state index contributed by atoms with van der Waals surface area (Å²) in [4.78, 5) is 73.2. The van der Waals surface area contributed by atoms with Crippen LogP contribution in [-0.4, -0.2) is 237 Å². The number of nitro groups is 1. The molecule has 0 bridgehead atoms. The Morgan fingerprint density at radius 3 is 0.832 bits per heavy atom. The number of nitrogens with zero attached hydrogens (tertiary/aromatic N) is 2. The molecular formula is C88H142F36N4O17Si4. The lowest BCUT2D eigenvalue weighted by molar-refractivity contribution is -0.396. The number of halogens is 36. The molecule has 149 heavy (non-hydrogen) atoms. The number of nitrogens with two attached hydrogens (primary N) is 2. The Kier molecular flexibility index (Phi) is 59.7. The number of ether oxygens (including phenoxy) is 5. The summed E-state index contributed by atoms with van der Waals surface area (Å²) < 4.78 is 516. The van der Waals surface area contributed by atoms with Gasteiger partial charge < -0.3 is 52.9 Å². The van der Waals surface area contributed by atoms with Crippen molar-refractivity contribution in [1.29, 1.82) is 0 Å². The Hall–Kier alpha value is -6.32. The zero-order chi connectivity index (χ0) is 117. The fourth-order valence-corrected chi connectivity index (χ4v) is 33.9. The summed E-state index contributed by atoms with van der Waals surface area (Å²) >= 11 is 0. The fraction of sp³-hybridized carbons (Fsp3) is 0.875. The molecule has 1 heterocycles. The van der Waals surface area contributed by atoms with Crippen LogP contribution in [0.15, 0.2) is 12.1 Å². The number of esters is 2. The molecule has 0 aliphatic carbocycles. The highest BCUT2D eigenvalue weighted by Gasteiger charge is 2.85. The second-order valence-electron chi connectivity index (χ2n) is 37.8. The number of amides is 2. The van der Waals surface area contributed by atoms with E-state index in [0.717, 1.165) is 32.0 Å². The van der Waals surface area contributed by atoms with E-state index >= 15 is 0 Å². The summed E-state index contributed by atoms with van der Waals surface area (Å²) in [6.45, 7) is 34.2. The van der Waals surface area contributed by atoms with Crippen LogP contribution in [0, 0.1) is 16.0 Å². The normalized spacial score (nSPS) is 14.6. The molecule has 0 aromatic heterocycles. The largest absolute Gasteiger partial charge is 0.533 e. The summed E-state index contributed by atoms with van der Waals surface area (Å²) in [7, 11) is -0.366. The number of nitro benzene ring substituents is 1. The minimum atomic E-state index is -7.24. The zero-order valence-electron chi connectivity index (χ0n) is 85.8. The third-order valence-corrected chi connectivity index (χ3v) is 48.5. The third kappa shape index (κ3) is 38.3. The molecule has 0 radical (unpaired) electrons. The Morgan fingerprint density at radius 2 is 0.597 bits per heavy atom. The van der Waals surface area contributed by atoms with Gasteiger partial charge in [0, 0.05) is 79.8 Å². The highest BCUT2D eigenvalue weighted by molar-refractivity contribution is 6.77. The predicted octanol–water partition coefficient (Wildman–Crippen LogP) is 30.6. The summed E-state index contributed by atoms with van der Waals surface area (Å²) in [5.74, 6) is -85.7. The van der Waals surface area contributed by atoms with E-state index in [0.29, 0.717) is 70.7 Å². The summed E-state index contributed by atoms with van der Waals surface area (Å²) in [5, 5.41) is 12.2. The fourth-order valence-electron chi connectivity index (χ4n) is 16.3. The van der Waals surface area contributed by atoms with Gasteiger partial charge in [0.05, 0.1) is 43.0 Å². The molecule has 1 atom stereocenters. The average molecular weight is 2320 g/mol. The molecular weight excluding hydrogens is 2180 g/mol. The van der Waals surface area contributed by atoms with Crippen molar-refractivity contribution in [2.45, 2.75) is 418 Å². The molecule has 884 valence electrons. The van der Waals surface area contributed by atoms with E-state index in [9.17, 15) is 192 Å². The molecule has 0 spiro atoms. The highest BCUT2D eigenvalue weighted by atomic mass is 28.4. The first-order chi connectivity index (χ1) is 66.6. The number of alkyl halides is 36. The zero-order valence-corrected chi connectivity index (χ0v) is 89.8. The van der Waals surface area contributed by atoms with Crippen molar-refractivity contribution in [3.63, 3.8) is 0 Å². The summed E-state index contributed by atoms with van der Waals surface area (Å²) in [5.41, 5.74) is 13.3. The molecule has 1 aliphatic heterocycles. The van der Waals surface area contributed by atoms with Gasteiger partial charge in [-0.3, -0.25) is 34.1 Å². The Morgan fingerprint density at radius 1 is 0.356 bits per heavy atom. The van der Waals surface area contributed by atoms with Gasteiger partial charge in [0.2, 0.25) is 0 Å². The number of benzene rings is 1. The molecule has 2 rings (SSSR count). The van der Waals surface area contributed by atoms with E-state index in [4.69, 9.17) is 43.4 Å². The van der Waals surface area contributed by atoms with E-state index in [2.05, 4.69) is 97.4 Å². The molecule has 21 nitrogen and oxygen atoms in total. The van der Waals surface area contributed by atoms with Crippen molar-refractivity contribution >= 4 is 68.9 Å². The van der Waals surface area contributed by atoms with Crippen LogP contribution in [0.3, 0.4) is 0 Å². The van der Waals surface area contributed by atoms with Crippen molar-refractivity contribution < 1.29 is 233 Å². The van der Waals surface area contributed by atoms with Crippen LogP contribution < -0.4 is 20.9 Å². The van der Waals surface area contributed by atoms with E-state index in [-0.39, 0.29) is 55.7 Å². The number of imide groups is 1. The maximum absolute atomic E-state index is 14.2. The van der Waals surface area contributed by atoms with Gasteiger partial charge in [0.15, 0.2) is 44.8 Å². The Balaban J connectivity index is -0.00000101. The molecule has 61 heteroatoms. The van der Waals surface area contributed by atoms with Crippen LogP contribution in [0.2, 0.25) is 68.5 Å². The first-order valence-corrected chi connectivity index (χ1v) is 55.7. The van der Waals surface area contributed by atoms with Crippen molar-refractivity contribution in [3.05, 3.63) is 27.8 Å². The number of carbonyl (C=O) groups is 5. The van der Waals surface area contributed by atoms with Crippen LogP contribution in [0.1, 0.15) is 259 Å². The highest BCUT2D eigenvalue weighted by Crippen LogP contribution is 2.60. The van der Waals surface area contributed by atoms with Gasteiger partial charge in [-0.1, -0.05) is 150 Å². The predicted molar refractivity (Wildman–Crippen MR) is 486 cm³/mol. The molecule has 4 N–H and O–H groups in total. The van der Waals surface area contributed by atoms with Crippen LogP contribution in [0.5, 0.6) is 11.5 Å². The lowest BCUT2D eigenvalue weighted by atomic mass is 9.96. The molecule has 1 unspecified atom stereocenters. The number of rotatable bonds is 59. The van der Waals surface area contributed by atoms with Gasteiger partial charge >= 0.3 is 114 Å². The van der Waals surface area contributed by atoms with Gasteiger partial charge in [-0.2, -0.15) is 158 Å². The maximum atomic E-state index is 14.2. The minimum Gasteiger partial charge on any atom is -0.490 e. The van der Waals surface area contributed by atoms with Crippen LogP contribution in [0.25, 0.3) is 0 Å². The van der Waals surface area contributed by atoms with Crippen molar-refractivity contribution in [3.8, 4) is 11.5 Å². The molecule has 1 saturated heterocycles. The number of unbranched alkanes of at least 4 members (excludes halogenated alkanes) is 2. The minimum absolute atomic E-state index is 0. The van der Waals surface area contributed by atoms with Crippen molar-refractivity contribution in [2.24, 2.45) is 17.4 Å². The van der Waals surface area contributed by atoms with Crippen molar-refractivity contribution in [1.82, 2.24) is 5.06 Å². The van der Waals surface area contributed by atoms with E-state index in [1.807, 2.05) is 41.9 Å². The van der Waals surface area contributed by atoms with Gasteiger partial charge in [-0.05, 0) is 145 Å². The average Bonchev–Trinajstić information content (AvgIpc) is 1.60. The second kappa shape index (κ2) is 59.7. The lowest BCUT2D eigenvalue weighted by Gasteiger charge is -2.37. The monoisotopic (exact) mass is 2320 g/mol. The van der Waals surface area contributed by atoms with E-state index in [1.54, 1.807) is 14.2 Å². The number of hydroxylamine groups is 2. The smallest absolute Gasteiger partial charge is 0.490 e. The summed E-state index contributed by atoms with van der Waals surface area (Å²) in [6.07, 6.45) is -42.6. The number of carbonyl (C=O) groups excluding carboxylic acids is 5. The molecule has 2 amide bonds. The van der Waals surface area contributed by atoms with E-state index in [1.165, 1.54) is 25.9 Å². The Bertz CT molecular complexity index is 4070. The van der Waals surface area contributed by atoms with Gasteiger partial charge in [-0.15, -0.1) is 0 Å². The summed E-state index contributed by atoms with van der Waals surface area (Å²) in [6, 6.07) is 4.84. The van der Waals surface area contributed by atoms with Crippen LogP contribution >= 0.6 is 0 Å². The van der Waals surface area contributed by atoms with Crippen LogP contribution in [0.4, 0.5) is 169 Å². The molecule has 1 aromatic rings. The van der Waals surface area contributed by atoms with Gasteiger partial charge in [0.25, 0.3) is 17.5 Å². The SMILES string of the molecule is C.CO[Si](CCCCC(=O)OC(c1cc(OCCCC(F)(F)C(F)(F)C(F)(F)C(F)(F)F)c(OCCCC(F)(F)C(F)(F)C(F)(F)C(F)(F)F)cc1[N+](=O)[O-])C(C)C)(C(C)C)C(C)C.CO[Si](CCCCC(=O)OCCCC(F)(F)C(F)(F)C(F)(F)C(F)(F)F)(C(C)C)C(C)C.CO[Si](CCCN)(C(C)C)C(C)C.CO[Si](CCCN)(C(C)C)C(C)C.O=C(OCCCC(F)(F)C(F)(F)C(F)(F)C(F)(F)F)ON1C(=O)CCC1=O. The molecule has 1 aliphatic rings. The van der Waals surface area contributed by atoms with Crippen LogP contribution in [-0.2, 0) is 55.9 Å². The maximum Gasteiger partial charge on any atom is 0.533 e. The number of hydrogen-bond acceptors (Lipinski definition) is 19. The van der Waals surface area contributed by atoms with Gasteiger partial charge in [-0.25, -0.2) is 4.79 Å². The standard InChI is InChI=1S/C36H47F18NO7Si.C19H31F9O3Si.C12H10F9NO5.2C10H25NOSi.CH4/c1-20(2)28(62-27(56)12-8-9-17-63(59-7,21(3)4)22(5)6)23-18-25(60-15-10-13-29(37,38)31(41,42)33(45,46)35(49,50)51)26(19-24(23)55(57)58)61-16-11-14-30(39,40)32(43,44)34(47,48)36(52,53)54;1-13(2)32(30-5,14(3)4)12-7-6-9-15(29)31-11-8-10-16(20,21)17(22,23)18(24,25)19(26,27)28;13-9(14,10(15,16)11(17,18)12(19,20)21)4-1-5-26-8(25)27-22-6(23)2-3-7(22)24;2*1-9(2)13(12-5,10(3)4)8-6-7-11;/h18-22,28H,8-17H2,1-7H3;13-14H,6-12H2,1-5H3;1-5H2;2*9-10H,6-8,11H2,1-5H3;1H4.